The first kappa shape index (κ1) is 16.2. The van der Waals surface area contributed by atoms with Gasteiger partial charge < -0.3 is 15.0 Å². The van der Waals surface area contributed by atoms with Gasteiger partial charge in [0.25, 0.3) is 0 Å². The van der Waals surface area contributed by atoms with Crippen LogP contribution in [0.15, 0.2) is 54.9 Å². The Morgan fingerprint density at radius 2 is 1.96 bits per heavy atom. The summed E-state index contributed by atoms with van der Waals surface area (Å²) in [4.78, 5) is 13.1. The zero-order chi connectivity index (χ0) is 18.2. The van der Waals surface area contributed by atoms with Crippen molar-refractivity contribution in [2.45, 2.75) is 37.8 Å². The van der Waals surface area contributed by atoms with Gasteiger partial charge in [-0.15, -0.1) is 0 Å². The number of nitrogens with one attached hydrogen (secondary N) is 1. The lowest BCUT2D eigenvalue weighted by atomic mass is 9.98. The van der Waals surface area contributed by atoms with E-state index >= 15 is 0 Å². The van der Waals surface area contributed by atoms with Gasteiger partial charge in [-0.1, -0.05) is 5.57 Å². The van der Waals surface area contributed by atoms with Crippen LogP contribution < -0.4 is 5.32 Å². The molecule has 27 heavy (non-hydrogen) atoms. The first-order chi connectivity index (χ1) is 13.2. The van der Waals surface area contributed by atoms with Crippen molar-refractivity contribution in [1.29, 1.82) is 0 Å². The number of fused-ring (bicyclic) bond motifs is 2. The molecule has 2 aromatic heterocycles. The van der Waals surface area contributed by atoms with Crippen LogP contribution in [0.3, 0.4) is 0 Å². The smallest absolute Gasteiger partial charge is 0.127 e. The minimum Gasteiger partial charge on any atom is -0.507 e. The van der Waals surface area contributed by atoms with Gasteiger partial charge in [-0.25, -0.2) is 4.98 Å². The molecule has 0 aliphatic carbocycles. The molecule has 0 saturated carbocycles. The molecule has 6 heteroatoms. The Kier molecular flexibility index (Phi) is 3.98. The highest BCUT2D eigenvalue weighted by atomic mass is 16.3. The van der Waals surface area contributed by atoms with Gasteiger partial charge in [0.05, 0.1) is 35.8 Å². The predicted molar refractivity (Wildman–Crippen MR) is 103 cm³/mol. The third-order valence-corrected chi connectivity index (χ3v) is 5.44. The summed E-state index contributed by atoms with van der Waals surface area (Å²) in [5.41, 5.74) is 4.52. The Bertz CT molecular complexity index is 964. The Hall–Kier alpha value is -2.99. The number of nitrogens with zero attached hydrogens (tertiary/aromatic N) is 4. The van der Waals surface area contributed by atoms with Gasteiger partial charge in [-0.3, -0.25) is 9.97 Å². The van der Waals surface area contributed by atoms with Crippen molar-refractivity contribution in [3.63, 3.8) is 0 Å². The summed E-state index contributed by atoms with van der Waals surface area (Å²) in [6.07, 6.45) is 15.7. The summed E-state index contributed by atoms with van der Waals surface area (Å²) in [5.74, 6) is 0.177. The second-order valence-corrected chi connectivity index (χ2v) is 7.35. The lowest BCUT2D eigenvalue weighted by Crippen LogP contribution is -2.34. The summed E-state index contributed by atoms with van der Waals surface area (Å²) in [6.45, 7) is 0. The van der Waals surface area contributed by atoms with Gasteiger partial charge in [0.2, 0.25) is 0 Å². The second kappa shape index (κ2) is 6.63. The zero-order valence-corrected chi connectivity index (χ0v) is 14.9. The van der Waals surface area contributed by atoms with Gasteiger partial charge in [0.15, 0.2) is 0 Å². The second-order valence-electron chi connectivity index (χ2n) is 7.35. The van der Waals surface area contributed by atoms with E-state index in [1.165, 1.54) is 18.4 Å². The Morgan fingerprint density at radius 1 is 1.11 bits per heavy atom. The van der Waals surface area contributed by atoms with Crippen LogP contribution in [-0.4, -0.2) is 36.7 Å². The van der Waals surface area contributed by atoms with Crippen molar-refractivity contribution in [2.24, 2.45) is 0 Å². The highest BCUT2D eigenvalue weighted by Crippen LogP contribution is 2.32. The lowest BCUT2D eigenvalue weighted by Gasteiger charge is -2.23. The number of hydrogen-bond donors (Lipinski definition) is 2. The van der Waals surface area contributed by atoms with Crippen LogP contribution in [0.25, 0.3) is 23.0 Å². The molecule has 2 aliphatic heterocycles. The molecule has 0 radical (unpaired) electrons. The van der Waals surface area contributed by atoms with Gasteiger partial charge in [0.1, 0.15) is 5.75 Å². The number of rotatable bonds is 3. The van der Waals surface area contributed by atoms with Crippen LogP contribution in [0.4, 0.5) is 0 Å². The highest BCUT2D eigenvalue weighted by Gasteiger charge is 2.30. The molecule has 2 atom stereocenters. The Labute approximate surface area is 157 Å². The topological polar surface area (TPSA) is 75.9 Å². The number of phenolic OH excluding ortho intramolecular Hbond substituents is 1. The number of imidazole rings is 1. The number of benzene rings is 1. The van der Waals surface area contributed by atoms with Crippen LogP contribution >= 0.6 is 0 Å². The van der Waals surface area contributed by atoms with Crippen LogP contribution in [-0.2, 0) is 0 Å². The van der Waals surface area contributed by atoms with E-state index in [2.05, 4.69) is 26.3 Å². The Morgan fingerprint density at radius 3 is 2.63 bits per heavy atom. The van der Waals surface area contributed by atoms with Gasteiger partial charge in [-0.2, -0.15) is 0 Å². The van der Waals surface area contributed by atoms with Crippen LogP contribution in [0, 0.1) is 0 Å². The molecule has 3 aromatic rings. The van der Waals surface area contributed by atoms with Gasteiger partial charge in [0, 0.05) is 36.1 Å². The summed E-state index contributed by atoms with van der Waals surface area (Å²) in [5, 5.41) is 14.1. The minimum atomic E-state index is 0.177. The fraction of sp³-hybridized carbons (Fsp3) is 0.286. The SMILES string of the molecule is Oc1cc(-n2ccnc2)ccc1-c1cnc(C=C2CC3CCC(C2)N3)cn1. The lowest BCUT2D eigenvalue weighted by molar-refractivity contribution is 0.476. The summed E-state index contributed by atoms with van der Waals surface area (Å²) < 4.78 is 1.84. The molecule has 0 amide bonds. The summed E-state index contributed by atoms with van der Waals surface area (Å²) in [7, 11) is 0. The fourth-order valence-corrected chi connectivity index (χ4v) is 4.13. The van der Waals surface area contributed by atoms with E-state index in [0.717, 1.165) is 24.2 Å². The van der Waals surface area contributed by atoms with E-state index in [4.69, 9.17) is 0 Å². The Balaban J connectivity index is 1.37. The standard InChI is InChI=1S/C21H21N5O/c27-21-10-18(26-6-5-22-13-26)3-4-19(21)20-12-23-17(11-24-20)9-14-7-15-1-2-16(8-14)25-15/h3-6,9-13,15-16,25,27H,1-2,7-8H2. The molecule has 2 saturated heterocycles. The number of piperidine rings is 1. The minimum absolute atomic E-state index is 0.177. The van der Waals surface area contributed by atoms with Crippen LogP contribution in [0.1, 0.15) is 31.4 Å². The average molecular weight is 359 g/mol. The molecule has 2 N–H and O–H groups in total. The van der Waals surface area contributed by atoms with E-state index in [1.807, 2.05) is 22.9 Å². The summed E-state index contributed by atoms with van der Waals surface area (Å²) >= 11 is 0. The molecule has 2 unspecified atom stereocenters. The number of aromatic hydroxyl groups is 1. The molecule has 6 nitrogen and oxygen atoms in total. The normalized spacial score (nSPS) is 21.4. The number of aromatic nitrogens is 4. The molecule has 2 bridgehead atoms. The van der Waals surface area contributed by atoms with Crippen molar-refractivity contribution >= 4 is 6.08 Å². The number of phenols is 1. The van der Waals surface area contributed by atoms with Gasteiger partial charge >= 0.3 is 0 Å². The highest BCUT2D eigenvalue weighted by molar-refractivity contribution is 5.68. The third-order valence-electron chi connectivity index (χ3n) is 5.44. The quantitative estimate of drug-likeness (QED) is 0.750. The largest absolute Gasteiger partial charge is 0.507 e. The molecule has 4 heterocycles. The monoisotopic (exact) mass is 359 g/mol. The molecule has 0 spiro atoms. The predicted octanol–water partition coefficient (Wildman–Crippen LogP) is 3.33. The summed E-state index contributed by atoms with van der Waals surface area (Å²) in [6, 6.07) is 6.76. The molecule has 2 fully saturated rings. The molecule has 136 valence electrons. The molecule has 1 aromatic carbocycles. The van der Waals surface area contributed by atoms with Crippen molar-refractivity contribution in [3.8, 4) is 22.7 Å². The van der Waals surface area contributed by atoms with Crippen molar-refractivity contribution in [3.05, 3.63) is 60.6 Å². The number of hydrogen-bond acceptors (Lipinski definition) is 5. The van der Waals surface area contributed by atoms with Crippen molar-refractivity contribution in [2.75, 3.05) is 0 Å². The first-order valence-corrected chi connectivity index (χ1v) is 9.34. The van der Waals surface area contributed by atoms with Crippen LogP contribution in [0.2, 0.25) is 0 Å². The van der Waals surface area contributed by atoms with E-state index in [0.29, 0.717) is 23.3 Å². The maximum Gasteiger partial charge on any atom is 0.127 e. The van der Waals surface area contributed by atoms with Crippen molar-refractivity contribution in [1.82, 2.24) is 24.8 Å². The zero-order valence-electron chi connectivity index (χ0n) is 14.9. The van der Waals surface area contributed by atoms with Crippen molar-refractivity contribution < 1.29 is 5.11 Å². The van der Waals surface area contributed by atoms with E-state index in [-0.39, 0.29) is 5.75 Å². The fourth-order valence-electron chi connectivity index (χ4n) is 4.13. The molecular formula is C21H21N5O. The molecule has 2 aliphatic rings. The first-order valence-electron chi connectivity index (χ1n) is 9.34. The van der Waals surface area contributed by atoms with E-state index in [1.54, 1.807) is 31.0 Å². The van der Waals surface area contributed by atoms with Crippen LogP contribution in [0.5, 0.6) is 5.75 Å². The average Bonchev–Trinajstić information content (AvgIpc) is 3.32. The maximum atomic E-state index is 10.4. The maximum absolute atomic E-state index is 10.4. The molecular weight excluding hydrogens is 338 g/mol. The van der Waals surface area contributed by atoms with E-state index < -0.39 is 0 Å². The third kappa shape index (κ3) is 3.24. The molecule has 5 rings (SSSR count). The van der Waals surface area contributed by atoms with E-state index in [9.17, 15) is 5.11 Å². The van der Waals surface area contributed by atoms with Gasteiger partial charge in [-0.05, 0) is 43.9 Å².